The van der Waals surface area contributed by atoms with Gasteiger partial charge in [0.2, 0.25) is 0 Å². The van der Waals surface area contributed by atoms with Crippen LogP contribution < -0.4 is 9.47 Å². The van der Waals surface area contributed by atoms with Gasteiger partial charge in [-0.05, 0) is 36.6 Å². The van der Waals surface area contributed by atoms with Crippen LogP contribution in [0.3, 0.4) is 0 Å². The quantitative estimate of drug-likeness (QED) is 0.552. The molecule has 1 unspecified atom stereocenters. The van der Waals surface area contributed by atoms with E-state index in [0.29, 0.717) is 30.1 Å². The first-order valence-electron chi connectivity index (χ1n) is 9.00. The number of methoxy groups -OCH3 is 1. The monoisotopic (exact) mass is 386 g/mol. The molecule has 1 amide bonds. The summed E-state index contributed by atoms with van der Waals surface area (Å²) in [5, 5.41) is 20.9. The topological polar surface area (TPSA) is 102 Å². The standard InChI is InChI=1S/C20H22N2O6/c1-3-28-18-11-13(7-8-17(18)27-2)15(9-10-23)21-12-14-5-4-6-16(22(25)26)19(14)20(21)24/h4-8,11,15,23H,3,9-10,12H2,1-2H3. The molecule has 1 aliphatic heterocycles. The summed E-state index contributed by atoms with van der Waals surface area (Å²) >= 11 is 0. The molecule has 0 radical (unpaired) electrons. The maximum absolute atomic E-state index is 13.0. The zero-order chi connectivity index (χ0) is 20.3. The molecule has 148 valence electrons. The number of nitrogens with zero attached hydrogens (tertiary/aromatic N) is 2. The second-order valence-electron chi connectivity index (χ2n) is 6.37. The molecule has 0 fully saturated rings. The van der Waals surface area contributed by atoms with Crippen LogP contribution in [0.25, 0.3) is 0 Å². The van der Waals surface area contributed by atoms with E-state index in [4.69, 9.17) is 9.47 Å². The fourth-order valence-corrected chi connectivity index (χ4v) is 3.56. The molecular formula is C20H22N2O6. The number of hydrogen-bond acceptors (Lipinski definition) is 6. The molecule has 0 aromatic heterocycles. The summed E-state index contributed by atoms with van der Waals surface area (Å²) in [5.74, 6) is 0.704. The van der Waals surface area contributed by atoms with E-state index in [-0.39, 0.29) is 24.4 Å². The van der Waals surface area contributed by atoms with Gasteiger partial charge in [-0.2, -0.15) is 0 Å². The summed E-state index contributed by atoms with van der Waals surface area (Å²) in [6.07, 6.45) is 0.297. The number of nitro benzene ring substituents is 1. The Morgan fingerprint density at radius 3 is 2.71 bits per heavy atom. The van der Waals surface area contributed by atoms with Gasteiger partial charge in [0.05, 0.1) is 24.7 Å². The van der Waals surface area contributed by atoms with Gasteiger partial charge in [0.1, 0.15) is 5.56 Å². The minimum Gasteiger partial charge on any atom is -0.493 e. The average Bonchev–Trinajstić information content (AvgIpc) is 3.03. The lowest BCUT2D eigenvalue weighted by Gasteiger charge is -2.28. The Balaban J connectivity index is 2.00. The molecule has 3 rings (SSSR count). The molecule has 1 atom stereocenters. The number of carbonyl (C=O) groups excluding carboxylic acids is 1. The molecule has 0 saturated heterocycles. The molecule has 1 N–H and O–H groups in total. The third-order valence-electron chi connectivity index (χ3n) is 4.79. The maximum atomic E-state index is 13.0. The lowest BCUT2D eigenvalue weighted by Crippen LogP contribution is -2.30. The van der Waals surface area contributed by atoms with E-state index in [9.17, 15) is 20.0 Å². The van der Waals surface area contributed by atoms with E-state index in [1.807, 2.05) is 13.0 Å². The smallest absolute Gasteiger partial charge is 0.282 e. The predicted octanol–water partition coefficient (Wildman–Crippen LogP) is 3.08. The Labute approximate surface area is 162 Å². The van der Waals surface area contributed by atoms with Crippen molar-refractivity contribution >= 4 is 11.6 Å². The van der Waals surface area contributed by atoms with E-state index in [0.717, 1.165) is 5.56 Å². The third-order valence-corrected chi connectivity index (χ3v) is 4.79. The first-order chi connectivity index (χ1) is 13.5. The van der Waals surface area contributed by atoms with E-state index in [2.05, 4.69) is 0 Å². The Bertz CT molecular complexity index is 898. The van der Waals surface area contributed by atoms with Crippen LogP contribution in [-0.4, -0.2) is 41.2 Å². The van der Waals surface area contributed by atoms with Crippen LogP contribution in [0.4, 0.5) is 5.69 Å². The highest BCUT2D eigenvalue weighted by Gasteiger charge is 2.38. The van der Waals surface area contributed by atoms with Gasteiger partial charge in [0, 0.05) is 19.2 Å². The van der Waals surface area contributed by atoms with Crippen molar-refractivity contribution in [2.45, 2.75) is 25.9 Å². The summed E-state index contributed by atoms with van der Waals surface area (Å²) in [4.78, 5) is 25.4. The van der Waals surface area contributed by atoms with Gasteiger partial charge in [-0.3, -0.25) is 14.9 Å². The Kier molecular flexibility index (Phi) is 5.79. The highest BCUT2D eigenvalue weighted by molar-refractivity contribution is 6.02. The summed E-state index contributed by atoms with van der Waals surface area (Å²) < 4.78 is 10.9. The molecule has 8 heteroatoms. The van der Waals surface area contributed by atoms with Crippen molar-refractivity contribution in [1.82, 2.24) is 4.90 Å². The Hall–Kier alpha value is -3.13. The highest BCUT2D eigenvalue weighted by atomic mass is 16.6. The van der Waals surface area contributed by atoms with Gasteiger partial charge in [-0.1, -0.05) is 18.2 Å². The van der Waals surface area contributed by atoms with Crippen LogP contribution in [0.15, 0.2) is 36.4 Å². The van der Waals surface area contributed by atoms with Crippen molar-refractivity contribution in [3.05, 3.63) is 63.2 Å². The molecule has 28 heavy (non-hydrogen) atoms. The van der Waals surface area contributed by atoms with Crippen LogP contribution in [-0.2, 0) is 6.54 Å². The van der Waals surface area contributed by atoms with Crippen LogP contribution in [0.5, 0.6) is 11.5 Å². The zero-order valence-corrected chi connectivity index (χ0v) is 15.8. The predicted molar refractivity (Wildman–Crippen MR) is 102 cm³/mol. The van der Waals surface area contributed by atoms with Crippen molar-refractivity contribution in [1.29, 1.82) is 0 Å². The van der Waals surface area contributed by atoms with Crippen molar-refractivity contribution in [3.8, 4) is 11.5 Å². The number of aliphatic hydroxyl groups is 1. The van der Waals surface area contributed by atoms with Crippen molar-refractivity contribution in [2.75, 3.05) is 20.3 Å². The molecular weight excluding hydrogens is 364 g/mol. The van der Waals surface area contributed by atoms with Gasteiger partial charge in [-0.15, -0.1) is 0 Å². The van der Waals surface area contributed by atoms with Crippen molar-refractivity contribution < 1.29 is 24.3 Å². The Morgan fingerprint density at radius 1 is 1.29 bits per heavy atom. The SMILES string of the molecule is CCOc1cc(C(CCO)N2Cc3cccc([N+](=O)[O-])c3C2=O)ccc1OC. The van der Waals surface area contributed by atoms with Crippen LogP contribution in [0.2, 0.25) is 0 Å². The van der Waals surface area contributed by atoms with Gasteiger partial charge >= 0.3 is 0 Å². The highest BCUT2D eigenvalue weighted by Crippen LogP contribution is 2.39. The van der Waals surface area contributed by atoms with E-state index >= 15 is 0 Å². The summed E-state index contributed by atoms with van der Waals surface area (Å²) in [5.41, 5.74) is 1.30. The van der Waals surface area contributed by atoms with Crippen LogP contribution in [0.1, 0.15) is 40.9 Å². The van der Waals surface area contributed by atoms with E-state index in [1.165, 1.54) is 6.07 Å². The molecule has 2 aromatic carbocycles. The first kappa shape index (κ1) is 19.6. The fraction of sp³-hybridized carbons (Fsp3) is 0.350. The van der Waals surface area contributed by atoms with Gasteiger partial charge in [0.25, 0.3) is 11.6 Å². The number of benzene rings is 2. The van der Waals surface area contributed by atoms with Crippen LogP contribution >= 0.6 is 0 Å². The molecule has 1 aliphatic rings. The summed E-state index contributed by atoms with van der Waals surface area (Å²) in [6, 6.07) is 9.53. The molecule has 1 heterocycles. The third kappa shape index (κ3) is 3.50. The second kappa shape index (κ2) is 8.26. The molecule has 0 bridgehead atoms. The first-order valence-corrected chi connectivity index (χ1v) is 9.00. The molecule has 0 saturated carbocycles. The average molecular weight is 386 g/mol. The van der Waals surface area contributed by atoms with Crippen molar-refractivity contribution in [3.63, 3.8) is 0 Å². The largest absolute Gasteiger partial charge is 0.493 e. The number of fused-ring (bicyclic) bond motifs is 1. The molecule has 0 aliphatic carbocycles. The zero-order valence-electron chi connectivity index (χ0n) is 15.8. The fourth-order valence-electron chi connectivity index (χ4n) is 3.56. The van der Waals surface area contributed by atoms with Crippen molar-refractivity contribution in [2.24, 2.45) is 0 Å². The molecule has 2 aromatic rings. The molecule has 8 nitrogen and oxygen atoms in total. The minimum atomic E-state index is -0.540. The number of hydrogen-bond donors (Lipinski definition) is 1. The van der Waals surface area contributed by atoms with E-state index in [1.54, 1.807) is 36.3 Å². The number of carbonyl (C=O) groups is 1. The van der Waals surface area contributed by atoms with E-state index < -0.39 is 16.9 Å². The van der Waals surface area contributed by atoms with Gasteiger partial charge < -0.3 is 19.5 Å². The number of aliphatic hydroxyl groups excluding tert-OH is 1. The number of amides is 1. The lowest BCUT2D eigenvalue weighted by molar-refractivity contribution is -0.385. The number of nitro groups is 1. The summed E-state index contributed by atoms with van der Waals surface area (Å²) in [7, 11) is 1.54. The second-order valence-corrected chi connectivity index (χ2v) is 6.37. The van der Waals surface area contributed by atoms with Gasteiger partial charge in [-0.25, -0.2) is 0 Å². The normalized spacial score (nSPS) is 14.0. The van der Waals surface area contributed by atoms with Gasteiger partial charge in [0.15, 0.2) is 11.5 Å². The number of rotatable bonds is 8. The Morgan fingerprint density at radius 2 is 2.07 bits per heavy atom. The lowest BCUT2D eigenvalue weighted by atomic mass is 10.0. The summed E-state index contributed by atoms with van der Waals surface area (Å²) in [6.45, 7) is 2.42. The van der Waals surface area contributed by atoms with Crippen LogP contribution in [0, 0.1) is 10.1 Å². The molecule has 0 spiro atoms. The minimum absolute atomic E-state index is 0.119. The number of ether oxygens (including phenoxy) is 2. The maximum Gasteiger partial charge on any atom is 0.282 e.